The second-order valence-electron chi connectivity index (χ2n) is 4.58. The third kappa shape index (κ3) is 2.83. The Balaban J connectivity index is 2.18. The van der Waals surface area contributed by atoms with Crippen molar-refractivity contribution in [2.75, 3.05) is 40.0 Å². The summed E-state index contributed by atoms with van der Waals surface area (Å²) in [6.45, 7) is 5.38. The van der Waals surface area contributed by atoms with Gasteiger partial charge in [0.25, 0.3) is 0 Å². The van der Waals surface area contributed by atoms with Crippen LogP contribution in [0.2, 0.25) is 0 Å². The summed E-state index contributed by atoms with van der Waals surface area (Å²) < 4.78 is 10.6. The van der Waals surface area contributed by atoms with Crippen molar-refractivity contribution in [3.63, 3.8) is 0 Å². The van der Waals surface area contributed by atoms with Crippen LogP contribution >= 0.6 is 0 Å². The van der Waals surface area contributed by atoms with Gasteiger partial charge in [-0.2, -0.15) is 0 Å². The molecule has 1 N–H and O–H groups in total. The Bertz CT molecular complexity index is 389. The molecule has 1 fully saturated rings. The molecule has 1 aromatic carbocycles. The van der Waals surface area contributed by atoms with Gasteiger partial charge in [-0.05, 0) is 24.1 Å². The maximum Gasteiger partial charge on any atom is 0.121 e. The van der Waals surface area contributed by atoms with Crippen LogP contribution in [0.1, 0.15) is 17.2 Å². The van der Waals surface area contributed by atoms with Crippen molar-refractivity contribution in [1.82, 2.24) is 4.90 Å². The van der Waals surface area contributed by atoms with E-state index in [0.717, 1.165) is 43.2 Å². The van der Waals surface area contributed by atoms with E-state index in [2.05, 4.69) is 11.0 Å². The molecule has 1 heterocycles. The van der Waals surface area contributed by atoms with Gasteiger partial charge in [0.05, 0.1) is 33.0 Å². The van der Waals surface area contributed by atoms with E-state index in [1.165, 1.54) is 0 Å². The topological polar surface area (TPSA) is 41.9 Å². The van der Waals surface area contributed by atoms with Gasteiger partial charge in [0, 0.05) is 13.1 Å². The molecular formula is C14H21NO3. The van der Waals surface area contributed by atoms with E-state index in [-0.39, 0.29) is 12.6 Å². The van der Waals surface area contributed by atoms with Gasteiger partial charge in [0.2, 0.25) is 0 Å². The molecule has 1 unspecified atom stereocenters. The van der Waals surface area contributed by atoms with Crippen LogP contribution in [0.4, 0.5) is 0 Å². The van der Waals surface area contributed by atoms with Gasteiger partial charge < -0.3 is 14.6 Å². The summed E-state index contributed by atoms with van der Waals surface area (Å²) in [5.74, 6) is 0.886. The van der Waals surface area contributed by atoms with Gasteiger partial charge in [-0.15, -0.1) is 0 Å². The van der Waals surface area contributed by atoms with E-state index in [0.29, 0.717) is 0 Å². The molecule has 0 radical (unpaired) electrons. The molecule has 1 aromatic rings. The fraction of sp³-hybridized carbons (Fsp3) is 0.571. The van der Waals surface area contributed by atoms with Crippen LogP contribution in [-0.2, 0) is 4.74 Å². The monoisotopic (exact) mass is 251 g/mol. The zero-order valence-corrected chi connectivity index (χ0v) is 11.1. The predicted molar refractivity (Wildman–Crippen MR) is 69.9 cm³/mol. The highest BCUT2D eigenvalue weighted by molar-refractivity contribution is 5.37. The van der Waals surface area contributed by atoms with E-state index in [4.69, 9.17) is 9.47 Å². The predicted octanol–water partition coefficient (Wildman–Crippen LogP) is 1.37. The normalized spacial score (nSPS) is 18.6. The molecule has 1 atom stereocenters. The molecule has 4 nitrogen and oxygen atoms in total. The number of aliphatic hydroxyl groups excluding tert-OH is 1. The van der Waals surface area contributed by atoms with E-state index in [1.807, 2.05) is 19.1 Å². The number of aryl methyl sites for hydroxylation is 1. The lowest BCUT2D eigenvalue weighted by atomic mass is 10.0. The lowest BCUT2D eigenvalue weighted by Gasteiger charge is -2.33. The van der Waals surface area contributed by atoms with Crippen LogP contribution in [-0.4, -0.2) is 50.0 Å². The van der Waals surface area contributed by atoms with Gasteiger partial charge in [-0.1, -0.05) is 12.1 Å². The van der Waals surface area contributed by atoms with Gasteiger partial charge in [-0.25, -0.2) is 0 Å². The van der Waals surface area contributed by atoms with Crippen LogP contribution in [0.25, 0.3) is 0 Å². The summed E-state index contributed by atoms with van der Waals surface area (Å²) in [6.07, 6.45) is 0. The van der Waals surface area contributed by atoms with Crippen molar-refractivity contribution in [2.45, 2.75) is 13.0 Å². The fourth-order valence-corrected chi connectivity index (χ4v) is 2.43. The number of methoxy groups -OCH3 is 1. The standard InChI is InChI=1S/C14H21NO3/c1-11-9-12(3-4-14(11)17-2)13(10-16)15-5-7-18-8-6-15/h3-4,9,13,16H,5-8,10H2,1-2H3. The van der Waals surface area contributed by atoms with Crippen molar-refractivity contribution in [2.24, 2.45) is 0 Å². The molecule has 4 heteroatoms. The van der Waals surface area contributed by atoms with E-state index in [1.54, 1.807) is 7.11 Å². The highest BCUT2D eigenvalue weighted by Crippen LogP contribution is 2.26. The Morgan fingerprint density at radius 3 is 2.67 bits per heavy atom. The number of aliphatic hydroxyl groups is 1. The van der Waals surface area contributed by atoms with E-state index < -0.39 is 0 Å². The highest BCUT2D eigenvalue weighted by Gasteiger charge is 2.22. The first-order valence-electron chi connectivity index (χ1n) is 6.33. The SMILES string of the molecule is COc1ccc(C(CO)N2CCOCC2)cc1C. The summed E-state index contributed by atoms with van der Waals surface area (Å²) in [5.41, 5.74) is 2.24. The molecule has 0 amide bonds. The molecule has 0 bridgehead atoms. The smallest absolute Gasteiger partial charge is 0.121 e. The number of benzene rings is 1. The Morgan fingerprint density at radius 2 is 2.11 bits per heavy atom. The minimum absolute atomic E-state index is 0.0542. The van der Waals surface area contributed by atoms with Crippen LogP contribution < -0.4 is 4.74 Å². The molecule has 0 aliphatic carbocycles. The van der Waals surface area contributed by atoms with Crippen molar-refractivity contribution in [3.8, 4) is 5.75 Å². The zero-order valence-electron chi connectivity index (χ0n) is 11.1. The van der Waals surface area contributed by atoms with Crippen molar-refractivity contribution in [3.05, 3.63) is 29.3 Å². The number of rotatable bonds is 4. The average Bonchev–Trinajstić information content (AvgIpc) is 2.41. The highest BCUT2D eigenvalue weighted by atomic mass is 16.5. The first kappa shape index (κ1) is 13.3. The molecule has 0 spiro atoms. The molecule has 0 saturated carbocycles. The molecule has 0 aromatic heterocycles. The summed E-state index contributed by atoms with van der Waals surface area (Å²) >= 11 is 0. The minimum atomic E-state index is 0.0542. The second kappa shape index (κ2) is 6.18. The Kier molecular flexibility index (Phi) is 4.58. The average molecular weight is 251 g/mol. The van der Waals surface area contributed by atoms with Crippen molar-refractivity contribution >= 4 is 0 Å². The number of hydrogen-bond donors (Lipinski definition) is 1. The van der Waals surface area contributed by atoms with E-state index in [9.17, 15) is 5.11 Å². The summed E-state index contributed by atoms with van der Waals surface area (Å²) in [7, 11) is 1.67. The fourth-order valence-electron chi connectivity index (χ4n) is 2.43. The van der Waals surface area contributed by atoms with Gasteiger partial charge in [0.1, 0.15) is 5.75 Å². The third-order valence-corrected chi connectivity index (χ3v) is 3.46. The maximum absolute atomic E-state index is 9.64. The molecule has 18 heavy (non-hydrogen) atoms. The molecule has 2 rings (SSSR count). The zero-order chi connectivity index (χ0) is 13.0. The Hall–Kier alpha value is -1.10. The molecular weight excluding hydrogens is 230 g/mol. The number of ether oxygens (including phenoxy) is 2. The first-order valence-corrected chi connectivity index (χ1v) is 6.33. The van der Waals surface area contributed by atoms with Gasteiger partial charge in [-0.3, -0.25) is 4.90 Å². The van der Waals surface area contributed by atoms with Gasteiger partial charge >= 0.3 is 0 Å². The summed E-state index contributed by atoms with van der Waals surface area (Å²) in [5, 5.41) is 9.64. The lowest BCUT2D eigenvalue weighted by molar-refractivity contribution is 0.00257. The van der Waals surface area contributed by atoms with Crippen LogP contribution in [0, 0.1) is 6.92 Å². The van der Waals surface area contributed by atoms with Crippen LogP contribution in [0.5, 0.6) is 5.75 Å². The second-order valence-corrected chi connectivity index (χ2v) is 4.58. The van der Waals surface area contributed by atoms with Gasteiger partial charge in [0.15, 0.2) is 0 Å². The number of morpholine rings is 1. The quantitative estimate of drug-likeness (QED) is 0.877. The first-order chi connectivity index (χ1) is 8.76. The number of hydrogen-bond acceptors (Lipinski definition) is 4. The van der Waals surface area contributed by atoms with E-state index >= 15 is 0 Å². The largest absolute Gasteiger partial charge is 0.496 e. The maximum atomic E-state index is 9.64. The minimum Gasteiger partial charge on any atom is -0.496 e. The summed E-state index contributed by atoms with van der Waals surface area (Å²) in [4.78, 5) is 2.27. The summed E-state index contributed by atoms with van der Waals surface area (Å²) in [6, 6.07) is 6.14. The molecule has 1 aliphatic rings. The van der Waals surface area contributed by atoms with Crippen molar-refractivity contribution < 1.29 is 14.6 Å². The molecule has 1 aliphatic heterocycles. The molecule has 1 saturated heterocycles. The lowest BCUT2D eigenvalue weighted by Crippen LogP contribution is -2.40. The molecule has 100 valence electrons. The Labute approximate surface area is 108 Å². The van der Waals surface area contributed by atoms with Crippen LogP contribution in [0.15, 0.2) is 18.2 Å². The van der Waals surface area contributed by atoms with Crippen molar-refractivity contribution in [1.29, 1.82) is 0 Å². The van der Waals surface area contributed by atoms with Crippen LogP contribution in [0.3, 0.4) is 0 Å². The number of nitrogens with zero attached hydrogens (tertiary/aromatic N) is 1. The Morgan fingerprint density at radius 1 is 1.39 bits per heavy atom. The third-order valence-electron chi connectivity index (χ3n) is 3.46.